The van der Waals surface area contributed by atoms with Crippen LogP contribution in [0.5, 0.6) is 0 Å². The third-order valence-electron chi connectivity index (χ3n) is 9.37. The van der Waals surface area contributed by atoms with Gasteiger partial charge in [0.15, 0.2) is 5.76 Å². The average molecular weight is 522 g/mol. The zero-order valence-electron chi connectivity index (χ0n) is 21.5. The highest BCUT2D eigenvalue weighted by atomic mass is 32.2. The van der Waals surface area contributed by atoms with Crippen molar-refractivity contribution < 1.29 is 18.5 Å². The van der Waals surface area contributed by atoms with E-state index in [0.717, 1.165) is 71.1 Å². The van der Waals surface area contributed by atoms with Crippen molar-refractivity contribution in [2.24, 2.45) is 17.8 Å². The molecule has 1 saturated carbocycles. The Morgan fingerprint density at radius 3 is 2.43 bits per heavy atom. The number of aliphatic hydroxyl groups is 1. The molecule has 2 unspecified atom stereocenters. The molecule has 4 heterocycles. The molecule has 3 saturated heterocycles. The molecule has 0 spiro atoms. The number of piperidine rings is 3. The van der Waals surface area contributed by atoms with Gasteiger partial charge < -0.3 is 14.1 Å². The molecule has 4 nitrogen and oxygen atoms in total. The van der Waals surface area contributed by atoms with E-state index in [1.165, 1.54) is 32.4 Å². The summed E-state index contributed by atoms with van der Waals surface area (Å²) < 4.78 is 20.3. The van der Waals surface area contributed by atoms with Crippen LogP contribution in [0.1, 0.15) is 62.0 Å². The maximum absolute atomic E-state index is 13.3. The lowest BCUT2D eigenvalue weighted by Gasteiger charge is -2.52. The number of thioether (sulfide) groups is 1. The third kappa shape index (κ3) is 5.13. The first-order valence-corrected chi connectivity index (χ1v) is 15.0. The number of benzene rings is 2. The zero-order chi connectivity index (χ0) is 25.3. The van der Waals surface area contributed by atoms with Gasteiger partial charge in [-0.25, -0.2) is 4.39 Å². The van der Waals surface area contributed by atoms with E-state index in [1.807, 2.05) is 54.2 Å². The second kappa shape index (κ2) is 10.5. The number of aromatic nitrogens is 1. The molecule has 4 fully saturated rings. The molecular weight excluding hydrogens is 483 g/mol. The standard InChI is InChI=1S/C31H38FN2O2S/c32-27-11-13-29(14-12-27)37-22-24-20-34(17-15-23(24)16-18-34)21-28-19-30(33-36-28)31(35,25-7-3-1-4-8-25)26-9-5-2-6-10-26/h1,3-4,7-8,11-14,19,23-24,26,35H,2,5-6,9-10,15-18,20-22H2/q+1. The van der Waals surface area contributed by atoms with E-state index < -0.39 is 5.60 Å². The predicted molar refractivity (Wildman–Crippen MR) is 144 cm³/mol. The molecule has 0 radical (unpaired) electrons. The van der Waals surface area contributed by atoms with Gasteiger partial charge in [0, 0.05) is 35.5 Å². The molecule has 196 valence electrons. The molecule has 2 bridgehead atoms. The first kappa shape index (κ1) is 25.1. The molecule has 1 N–H and O–H groups in total. The molecule has 0 amide bonds. The van der Waals surface area contributed by atoms with Crippen LogP contribution in [0.2, 0.25) is 0 Å². The highest BCUT2D eigenvalue weighted by molar-refractivity contribution is 7.99. The van der Waals surface area contributed by atoms with Gasteiger partial charge in [-0.15, -0.1) is 11.8 Å². The van der Waals surface area contributed by atoms with Crippen LogP contribution in [0.25, 0.3) is 0 Å². The first-order valence-electron chi connectivity index (χ1n) is 14.0. The van der Waals surface area contributed by atoms with Crippen LogP contribution in [0.3, 0.4) is 0 Å². The quantitative estimate of drug-likeness (QED) is 0.262. The normalized spacial score (nSPS) is 27.7. The summed E-state index contributed by atoms with van der Waals surface area (Å²) in [6, 6.07) is 19.0. The average Bonchev–Trinajstić information content (AvgIpc) is 3.42. The number of hydrogen-bond acceptors (Lipinski definition) is 4. The second-order valence-corrected chi connectivity index (χ2v) is 12.7. The minimum atomic E-state index is -1.10. The Kier molecular flexibility index (Phi) is 7.17. The van der Waals surface area contributed by atoms with Gasteiger partial charge in [0.05, 0.1) is 19.6 Å². The van der Waals surface area contributed by atoms with Gasteiger partial charge in [-0.1, -0.05) is 54.8 Å². The van der Waals surface area contributed by atoms with E-state index in [9.17, 15) is 9.50 Å². The maximum atomic E-state index is 13.3. The van der Waals surface area contributed by atoms with Crippen LogP contribution in [-0.4, -0.2) is 40.1 Å². The highest BCUT2D eigenvalue weighted by Crippen LogP contribution is 2.45. The smallest absolute Gasteiger partial charge is 0.191 e. The summed E-state index contributed by atoms with van der Waals surface area (Å²) in [6.07, 6.45) is 8.10. The fourth-order valence-electron chi connectivity index (χ4n) is 7.28. The van der Waals surface area contributed by atoms with Crippen molar-refractivity contribution >= 4 is 11.8 Å². The fourth-order valence-corrected chi connectivity index (χ4v) is 8.40. The number of quaternary nitrogens is 1. The summed E-state index contributed by atoms with van der Waals surface area (Å²) in [5.41, 5.74) is 0.492. The van der Waals surface area contributed by atoms with E-state index >= 15 is 0 Å². The van der Waals surface area contributed by atoms with Gasteiger partial charge in [-0.2, -0.15) is 0 Å². The van der Waals surface area contributed by atoms with E-state index in [2.05, 4.69) is 11.2 Å². The molecule has 1 aliphatic carbocycles. The van der Waals surface area contributed by atoms with E-state index in [4.69, 9.17) is 4.52 Å². The summed E-state index contributed by atoms with van der Waals surface area (Å²) in [5, 5.41) is 16.7. The molecule has 3 aliphatic heterocycles. The van der Waals surface area contributed by atoms with E-state index in [1.54, 1.807) is 12.1 Å². The molecule has 37 heavy (non-hydrogen) atoms. The van der Waals surface area contributed by atoms with Crippen LogP contribution >= 0.6 is 11.8 Å². The van der Waals surface area contributed by atoms with Gasteiger partial charge >= 0.3 is 0 Å². The molecule has 2 atom stereocenters. The van der Waals surface area contributed by atoms with Crippen LogP contribution < -0.4 is 0 Å². The van der Waals surface area contributed by atoms with E-state index in [0.29, 0.717) is 11.6 Å². The summed E-state index contributed by atoms with van der Waals surface area (Å²) in [6.45, 7) is 4.36. The third-order valence-corrected chi connectivity index (χ3v) is 10.6. The highest BCUT2D eigenvalue weighted by Gasteiger charge is 2.47. The number of nitrogens with zero attached hydrogens (tertiary/aromatic N) is 2. The topological polar surface area (TPSA) is 46.3 Å². The molecule has 7 rings (SSSR count). The molecule has 6 heteroatoms. The van der Waals surface area contributed by atoms with Crippen LogP contribution in [0.4, 0.5) is 4.39 Å². The number of fused-ring (bicyclic) bond motifs is 3. The fraction of sp³-hybridized carbons (Fsp3) is 0.516. The number of halogens is 1. The first-order chi connectivity index (χ1) is 18.0. The summed E-state index contributed by atoms with van der Waals surface area (Å²) in [5.74, 6) is 3.40. The lowest BCUT2D eigenvalue weighted by molar-refractivity contribution is -0.959. The van der Waals surface area contributed by atoms with Gasteiger partial charge in [0.1, 0.15) is 23.7 Å². The molecule has 1 aromatic heterocycles. The van der Waals surface area contributed by atoms with Gasteiger partial charge in [-0.05, 0) is 54.5 Å². The summed E-state index contributed by atoms with van der Waals surface area (Å²) >= 11 is 1.86. The largest absolute Gasteiger partial charge is 0.378 e. The lowest BCUT2D eigenvalue weighted by atomic mass is 9.71. The molecule has 4 aliphatic rings. The monoisotopic (exact) mass is 521 g/mol. The molecular formula is C31H38FN2O2S+. The maximum Gasteiger partial charge on any atom is 0.191 e. The van der Waals surface area contributed by atoms with Crippen molar-refractivity contribution in [3.05, 3.63) is 83.5 Å². The van der Waals surface area contributed by atoms with Crippen molar-refractivity contribution in [3.63, 3.8) is 0 Å². The van der Waals surface area contributed by atoms with E-state index in [-0.39, 0.29) is 11.7 Å². The van der Waals surface area contributed by atoms with Crippen molar-refractivity contribution in [3.8, 4) is 0 Å². The Morgan fingerprint density at radius 1 is 0.973 bits per heavy atom. The van der Waals surface area contributed by atoms with Gasteiger partial charge in [0.2, 0.25) is 0 Å². The molecule has 3 aromatic rings. The minimum absolute atomic E-state index is 0.159. The summed E-state index contributed by atoms with van der Waals surface area (Å²) in [4.78, 5) is 1.15. The number of rotatable bonds is 8. The Labute approximate surface area is 223 Å². The van der Waals surface area contributed by atoms with Gasteiger partial charge in [0.25, 0.3) is 0 Å². The SMILES string of the molecule is OC(c1ccccc1)(c1cc(C[N+]23CCC(CC2)C(CSc2ccc(F)cc2)C3)on1)C1CCCCC1. The molecule has 2 aromatic carbocycles. The van der Waals surface area contributed by atoms with Crippen molar-refractivity contribution in [1.29, 1.82) is 0 Å². The Hall–Kier alpha value is -2.15. The zero-order valence-corrected chi connectivity index (χ0v) is 22.3. The lowest BCUT2D eigenvalue weighted by Crippen LogP contribution is -2.61. The summed E-state index contributed by atoms with van der Waals surface area (Å²) in [7, 11) is 0. The Balaban J connectivity index is 1.19. The van der Waals surface area contributed by atoms with Crippen molar-refractivity contribution in [2.45, 2.75) is 62.0 Å². The van der Waals surface area contributed by atoms with Gasteiger partial charge in [-0.3, -0.25) is 0 Å². The Morgan fingerprint density at radius 2 is 1.70 bits per heavy atom. The van der Waals surface area contributed by atoms with Crippen LogP contribution in [0, 0.1) is 23.6 Å². The Bertz CT molecular complexity index is 1170. The predicted octanol–water partition coefficient (Wildman–Crippen LogP) is 6.78. The van der Waals surface area contributed by atoms with Crippen LogP contribution in [-0.2, 0) is 12.1 Å². The minimum Gasteiger partial charge on any atom is -0.378 e. The van der Waals surface area contributed by atoms with Crippen molar-refractivity contribution in [1.82, 2.24) is 5.16 Å². The van der Waals surface area contributed by atoms with Crippen molar-refractivity contribution in [2.75, 3.05) is 25.4 Å². The number of hydrogen-bond donors (Lipinski definition) is 1. The second-order valence-electron chi connectivity index (χ2n) is 11.6. The van der Waals surface area contributed by atoms with Crippen LogP contribution in [0.15, 0.2) is 70.1 Å².